The van der Waals surface area contributed by atoms with E-state index in [2.05, 4.69) is 34.4 Å². The zero-order chi connectivity index (χ0) is 23.3. The van der Waals surface area contributed by atoms with Crippen LogP contribution in [-0.4, -0.2) is 41.0 Å². The molecule has 7 nitrogen and oxygen atoms in total. The quantitative estimate of drug-likeness (QED) is 0.528. The van der Waals surface area contributed by atoms with E-state index in [0.717, 1.165) is 16.9 Å². The highest BCUT2D eigenvalue weighted by Crippen LogP contribution is 2.19. The highest BCUT2D eigenvalue weighted by molar-refractivity contribution is 5.97. The molecule has 0 aliphatic rings. The first kappa shape index (κ1) is 23.2. The first-order valence-corrected chi connectivity index (χ1v) is 10.8. The minimum Gasteiger partial charge on any atom is -0.481 e. The monoisotopic (exact) mass is 434 g/mol. The van der Waals surface area contributed by atoms with Gasteiger partial charge >= 0.3 is 0 Å². The van der Waals surface area contributed by atoms with Gasteiger partial charge < -0.3 is 15.4 Å². The Bertz CT molecular complexity index is 1110. The lowest BCUT2D eigenvalue weighted by Crippen LogP contribution is -2.40. The van der Waals surface area contributed by atoms with E-state index in [0.29, 0.717) is 35.8 Å². The van der Waals surface area contributed by atoms with Gasteiger partial charge in [0.15, 0.2) is 6.10 Å². The number of nitrogens with one attached hydrogen (secondary N) is 2. The topological polar surface area (TPSA) is 93.2 Å². The van der Waals surface area contributed by atoms with Crippen molar-refractivity contribution in [2.75, 3.05) is 13.1 Å². The van der Waals surface area contributed by atoms with E-state index in [1.807, 2.05) is 38.1 Å². The zero-order valence-electron chi connectivity index (χ0n) is 19.2. The zero-order valence-corrected chi connectivity index (χ0v) is 19.2. The number of carbonyl (C=O) groups is 2. The van der Waals surface area contributed by atoms with Crippen LogP contribution in [0.3, 0.4) is 0 Å². The summed E-state index contributed by atoms with van der Waals surface area (Å²) in [6.07, 6.45) is -0.638. The van der Waals surface area contributed by atoms with Gasteiger partial charge in [-0.25, -0.2) is 9.97 Å². The van der Waals surface area contributed by atoms with Gasteiger partial charge in [0.1, 0.15) is 5.75 Å². The summed E-state index contributed by atoms with van der Waals surface area (Å²) in [6.45, 7) is 10.4. The minimum atomic E-state index is -0.638. The van der Waals surface area contributed by atoms with Crippen molar-refractivity contribution in [3.8, 4) is 5.75 Å². The molecular weight excluding hydrogens is 404 g/mol. The summed E-state index contributed by atoms with van der Waals surface area (Å²) >= 11 is 0. The Morgan fingerprint density at radius 3 is 2.16 bits per heavy atom. The lowest BCUT2D eigenvalue weighted by Gasteiger charge is -2.15. The molecule has 0 saturated heterocycles. The molecule has 2 aromatic carbocycles. The molecular formula is C25H30N4O3. The number of nitrogens with zero attached hydrogens (tertiary/aromatic N) is 2. The second-order valence-corrected chi connectivity index (χ2v) is 8.13. The molecule has 2 amide bonds. The average molecular weight is 435 g/mol. The molecule has 0 aliphatic heterocycles. The van der Waals surface area contributed by atoms with E-state index in [9.17, 15) is 9.59 Å². The number of carbonyl (C=O) groups excluding carboxylic acids is 2. The minimum absolute atomic E-state index is 0.226. The first-order valence-electron chi connectivity index (χ1n) is 10.8. The predicted octanol–water partition coefficient (Wildman–Crippen LogP) is 3.68. The van der Waals surface area contributed by atoms with E-state index in [1.165, 1.54) is 5.56 Å². The van der Waals surface area contributed by atoms with Crippen LogP contribution in [0.1, 0.15) is 54.0 Å². The van der Waals surface area contributed by atoms with Crippen LogP contribution in [-0.2, 0) is 4.79 Å². The van der Waals surface area contributed by atoms with Crippen molar-refractivity contribution in [1.29, 1.82) is 0 Å². The smallest absolute Gasteiger partial charge is 0.260 e. The lowest BCUT2D eigenvalue weighted by molar-refractivity contribution is -0.127. The largest absolute Gasteiger partial charge is 0.481 e. The average Bonchev–Trinajstić information content (AvgIpc) is 2.77. The summed E-state index contributed by atoms with van der Waals surface area (Å²) in [4.78, 5) is 33.7. The van der Waals surface area contributed by atoms with Gasteiger partial charge in [0.2, 0.25) is 0 Å². The maximum absolute atomic E-state index is 12.4. The fourth-order valence-electron chi connectivity index (χ4n) is 3.17. The molecule has 1 unspecified atom stereocenters. The molecule has 2 N–H and O–H groups in total. The van der Waals surface area contributed by atoms with E-state index in [-0.39, 0.29) is 11.8 Å². The van der Waals surface area contributed by atoms with Gasteiger partial charge in [-0.2, -0.15) is 0 Å². The maximum atomic E-state index is 12.4. The predicted molar refractivity (Wildman–Crippen MR) is 125 cm³/mol. The third-order valence-corrected chi connectivity index (χ3v) is 5.28. The van der Waals surface area contributed by atoms with Crippen molar-refractivity contribution < 1.29 is 14.3 Å². The highest BCUT2D eigenvalue weighted by Gasteiger charge is 2.15. The van der Waals surface area contributed by atoms with Crippen LogP contribution < -0.4 is 15.4 Å². The SMILES string of the molecule is Cc1nc2ccc(C(=O)NCCNC(=O)C(C)Oc3ccc(C(C)C)cc3)cc2nc1C. The van der Waals surface area contributed by atoms with E-state index < -0.39 is 6.10 Å². The third kappa shape index (κ3) is 5.81. The Morgan fingerprint density at radius 2 is 1.50 bits per heavy atom. The number of hydrogen-bond donors (Lipinski definition) is 2. The van der Waals surface area contributed by atoms with Crippen LogP contribution in [0.4, 0.5) is 0 Å². The number of ether oxygens (including phenoxy) is 1. The number of amides is 2. The lowest BCUT2D eigenvalue weighted by atomic mass is 10.0. The fraction of sp³-hybridized carbons (Fsp3) is 0.360. The van der Waals surface area contributed by atoms with Gasteiger partial charge in [0.25, 0.3) is 11.8 Å². The van der Waals surface area contributed by atoms with Crippen molar-refractivity contribution >= 4 is 22.8 Å². The van der Waals surface area contributed by atoms with Gasteiger partial charge in [-0.1, -0.05) is 26.0 Å². The fourth-order valence-corrected chi connectivity index (χ4v) is 3.17. The van der Waals surface area contributed by atoms with E-state index in [4.69, 9.17) is 4.74 Å². The summed E-state index contributed by atoms with van der Waals surface area (Å²) in [5, 5.41) is 5.59. The van der Waals surface area contributed by atoms with Crippen LogP contribution in [0.5, 0.6) is 5.75 Å². The molecule has 0 spiro atoms. The molecule has 3 rings (SSSR count). The molecule has 0 fully saturated rings. The molecule has 0 saturated carbocycles. The van der Waals surface area contributed by atoms with Gasteiger partial charge in [0.05, 0.1) is 22.4 Å². The van der Waals surface area contributed by atoms with Crippen LogP contribution in [0.2, 0.25) is 0 Å². The van der Waals surface area contributed by atoms with Crippen molar-refractivity contribution in [2.24, 2.45) is 0 Å². The third-order valence-electron chi connectivity index (χ3n) is 5.28. The molecule has 32 heavy (non-hydrogen) atoms. The number of aromatic nitrogens is 2. The Hall–Kier alpha value is -3.48. The molecule has 168 valence electrons. The second-order valence-electron chi connectivity index (χ2n) is 8.13. The van der Waals surface area contributed by atoms with Gasteiger partial charge in [0, 0.05) is 18.7 Å². The van der Waals surface area contributed by atoms with Crippen molar-refractivity contribution in [3.63, 3.8) is 0 Å². The summed E-state index contributed by atoms with van der Waals surface area (Å²) in [7, 11) is 0. The van der Waals surface area contributed by atoms with Crippen LogP contribution >= 0.6 is 0 Å². The molecule has 1 aromatic heterocycles. The standard InChI is InChI=1S/C25H30N4O3/c1-15(2)19-6-9-21(10-7-19)32-18(5)24(30)26-12-13-27-25(31)20-8-11-22-23(14-20)29-17(4)16(3)28-22/h6-11,14-15,18H,12-13H2,1-5H3,(H,26,30)(H,27,31). The molecule has 0 radical (unpaired) electrons. The van der Waals surface area contributed by atoms with Crippen LogP contribution in [0, 0.1) is 13.8 Å². The van der Waals surface area contributed by atoms with Gasteiger partial charge in [-0.05, 0) is 62.6 Å². The molecule has 1 atom stereocenters. The van der Waals surface area contributed by atoms with Crippen molar-refractivity contribution in [3.05, 3.63) is 65.0 Å². The van der Waals surface area contributed by atoms with E-state index >= 15 is 0 Å². The normalized spacial score (nSPS) is 11.9. The van der Waals surface area contributed by atoms with Gasteiger partial charge in [-0.15, -0.1) is 0 Å². The Balaban J connectivity index is 1.45. The molecule has 3 aromatic rings. The summed E-state index contributed by atoms with van der Waals surface area (Å²) < 4.78 is 5.70. The maximum Gasteiger partial charge on any atom is 0.260 e. The molecule has 0 bridgehead atoms. The number of fused-ring (bicyclic) bond motifs is 1. The van der Waals surface area contributed by atoms with Gasteiger partial charge in [-0.3, -0.25) is 9.59 Å². The molecule has 7 heteroatoms. The number of aryl methyl sites for hydroxylation is 2. The summed E-state index contributed by atoms with van der Waals surface area (Å²) in [5.41, 5.74) is 4.87. The summed E-state index contributed by atoms with van der Waals surface area (Å²) in [5.74, 6) is 0.626. The first-order chi connectivity index (χ1) is 15.2. The molecule has 1 heterocycles. The Kier molecular flexibility index (Phi) is 7.41. The van der Waals surface area contributed by atoms with Crippen molar-refractivity contribution in [1.82, 2.24) is 20.6 Å². The second kappa shape index (κ2) is 10.2. The molecule has 0 aliphatic carbocycles. The van der Waals surface area contributed by atoms with Crippen LogP contribution in [0.15, 0.2) is 42.5 Å². The van der Waals surface area contributed by atoms with E-state index in [1.54, 1.807) is 25.1 Å². The van der Waals surface area contributed by atoms with Crippen molar-refractivity contribution in [2.45, 2.75) is 46.6 Å². The number of rotatable bonds is 8. The summed E-state index contributed by atoms with van der Waals surface area (Å²) in [6, 6.07) is 13.0. The Morgan fingerprint density at radius 1 is 0.875 bits per heavy atom. The number of benzene rings is 2. The van der Waals surface area contributed by atoms with Crippen LogP contribution in [0.25, 0.3) is 11.0 Å². The highest BCUT2D eigenvalue weighted by atomic mass is 16.5. The number of hydrogen-bond acceptors (Lipinski definition) is 5. The Labute approximate surface area is 188 Å².